The Morgan fingerprint density at radius 3 is 2.45 bits per heavy atom. The van der Waals surface area contributed by atoms with Crippen molar-refractivity contribution in [3.63, 3.8) is 0 Å². The van der Waals surface area contributed by atoms with E-state index in [9.17, 15) is 17.6 Å². The zero-order chi connectivity index (χ0) is 15.7. The van der Waals surface area contributed by atoms with Crippen molar-refractivity contribution in [3.05, 3.63) is 29.1 Å². The first kappa shape index (κ1) is 16.6. The Balaban J connectivity index is 3.35. The Hall–Kier alpha value is -1.47. The van der Waals surface area contributed by atoms with Crippen LogP contribution in [0.2, 0.25) is 0 Å². The fourth-order valence-corrected chi connectivity index (χ4v) is 2.45. The van der Waals surface area contributed by atoms with E-state index in [-0.39, 0.29) is 23.1 Å². The number of amides is 1. The number of carbonyl (C=O) groups excluding carboxylic acids is 1. The number of rotatable bonds is 4. The van der Waals surface area contributed by atoms with Crippen molar-refractivity contribution in [3.8, 4) is 0 Å². The van der Waals surface area contributed by atoms with Crippen LogP contribution in [0.3, 0.4) is 0 Å². The molecular weight excluding hydrogens is 283 g/mol. The van der Waals surface area contributed by atoms with Crippen LogP contribution in [0.4, 0.5) is 4.39 Å². The van der Waals surface area contributed by atoms with Gasteiger partial charge in [-0.05, 0) is 38.0 Å². The average Bonchev–Trinajstić information content (AvgIpc) is 2.37. The van der Waals surface area contributed by atoms with Crippen LogP contribution in [-0.4, -0.2) is 32.3 Å². The largest absolute Gasteiger partial charge is 0.339 e. The van der Waals surface area contributed by atoms with E-state index in [2.05, 4.69) is 0 Å². The average molecular weight is 302 g/mol. The van der Waals surface area contributed by atoms with E-state index in [0.29, 0.717) is 0 Å². The SMILES string of the molecule is CCC(C)N(C)C(=O)c1cc(C)c(F)c(S(N)(=O)=O)c1. The number of nitrogens with two attached hydrogens (primary N) is 1. The van der Waals surface area contributed by atoms with Gasteiger partial charge in [0, 0.05) is 18.7 Å². The van der Waals surface area contributed by atoms with Gasteiger partial charge in [0.2, 0.25) is 10.0 Å². The summed E-state index contributed by atoms with van der Waals surface area (Å²) >= 11 is 0. The maximum Gasteiger partial charge on any atom is 0.253 e. The molecule has 0 aliphatic rings. The smallest absolute Gasteiger partial charge is 0.253 e. The molecule has 0 aromatic heterocycles. The highest BCUT2D eigenvalue weighted by molar-refractivity contribution is 7.89. The summed E-state index contributed by atoms with van der Waals surface area (Å²) in [4.78, 5) is 13.1. The van der Waals surface area contributed by atoms with Gasteiger partial charge in [0.25, 0.3) is 5.91 Å². The summed E-state index contributed by atoms with van der Waals surface area (Å²) in [7, 11) is -2.59. The minimum atomic E-state index is -4.21. The van der Waals surface area contributed by atoms with Gasteiger partial charge in [-0.1, -0.05) is 6.92 Å². The molecule has 1 rings (SSSR count). The quantitative estimate of drug-likeness (QED) is 0.918. The highest BCUT2D eigenvalue weighted by Crippen LogP contribution is 2.20. The van der Waals surface area contributed by atoms with Gasteiger partial charge >= 0.3 is 0 Å². The highest BCUT2D eigenvalue weighted by Gasteiger charge is 2.22. The summed E-state index contributed by atoms with van der Waals surface area (Å²) in [5, 5.41) is 4.96. The number of aryl methyl sites for hydroxylation is 1. The van der Waals surface area contributed by atoms with Crippen molar-refractivity contribution in [1.82, 2.24) is 4.90 Å². The second-order valence-corrected chi connectivity index (χ2v) is 6.35. The Bertz CT molecular complexity index is 629. The third-order valence-electron chi connectivity index (χ3n) is 3.35. The number of primary sulfonamides is 1. The van der Waals surface area contributed by atoms with Crippen molar-refractivity contribution in [2.75, 3.05) is 7.05 Å². The molecule has 0 spiro atoms. The van der Waals surface area contributed by atoms with Gasteiger partial charge in [-0.2, -0.15) is 0 Å². The molecule has 20 heavy (non-hydrogen) atoms. The molecule has 112 valence electrons. The third kappa shape index (κ3) is 3.34. The predicted octanol–water partition coefficient (Wildman–Crippen LogP) is 1.65. The molecule has 0 saturated heterocycles. The van der Waals surface area contributed by atoms with Crippen molar-refractivity contribution in [1.29, 1.82) is 0 Å². The molecule has 1 unspecified atom stereocenters. The molecule has 0 fully saturated rings. The maximum atomic E-state index is 13.8. The Labute approximate surface area is 118 Å². The number of benzene rings is 1. The van der Waals surface area contributed by atoms with Gasteiger partial charge in [0.1, 0.15) is 10.7 Å². The van der Waals surface area contributed by atoms with Crippen molar-refractivity contribution < 1.29 is 17.6 Å². The molecule has 0 radical (unpaired) electrons. The first-order chi connectivity index (χ1) is 9.09. The van der Waals surface area contributed by atoms with E-state index in [4.69, 9.17) is 5.14 Å². The number of hydrogen-bond donors (Lipinski definition) is 1. The fraction of sp³-hybridized carbons (Fsp3) is 0.462. The van der Waals surface area contributed by atoms with E-state index in [1.165, 1.54) is 17.9 Å². The van der Waals surface area contributed by atoms with Crippen LogP contribution in [0.1, 0.15) is 36.2 Å². The zero-order valence-electron chi connectivity index (χ0n) is 12.0. The predicted molar refractivity (Wildman–Crippen MR) is 74.4 cm³/mol. The molecule has 5 nitrogen and oxygen atoms in total. The lowest BCUT2D eigenvalue weighted by Crippen LogP contribution is -2.34. The molecule has 0 aliphatic heterocycles. The minimum absolute atomic E-state index is 0.00853. The van der Waals surface area contributed by atoms with Crippen LogP contribution in [0.15, 0.2) is 17.0 Å². The van der Waals surface area contributed by atoms with E-state index in [0.717, 1.165) is 12.5 Å². The Morgan fingerprint density at radius 1 is 1.45 bits per heavy atom. The molecule has 1 amide bonds. The van der Waals surface area contributed by atoms with Gasteiger partial charge in [0.15, 0.2) is 0 Å². The van der Waals surface area contributed by atoms with E-state index >= 15 is 0 Å². The van der Waals surface area contributed by atoms with Gasteiger partial charge < -0.3 is 4.90 Å². The van der Waals surface area contributed by atoms with Gasteiger partial charge in [-0.3, -0.25) is 4.79 Å². The van der Waals surface area contributed by atoms with E-state index in [1.54, 1.807) is 7.05 Å². The minimum Gasteiger partial charge on any atom is -0.339 e. The molecule has 0 saturated carbocycles. The number of carbonyl (C=O) groups is 1. The molecule has 1 aromatic carbocycles. The number of hydrogen-bond acceptors (Lipinski definition) is 3. The van der Waals surface area contributed by atoms with Gasteiger partial charge in [-0.15, -0.1) is 0 Å². The van der Waals surface area contributed by atoms with Crippen LogP contribution < -0.4 is 5.14 Å². The third-order valence-corrected chi connectivity index (χ3v) is 4.26. The molecule has 1 atom stereocenters. The van der Waals surface area contributed by atoms with Crippen molar-refractivity contribution >= 4 is 15.9 Å². The lowest BCUT2D eigenvalue weighted by Gasteiger charge is -2.24. The van der Waals surface area contributed by atoms with Crippen LogP contribution in [0, 0.1) is 12.7 Å². The monoisotopic (exact) mass is 302 g/mol. The first-order valence-corrected chi connectivity index (χ1v) is 7.74. The van der Waals surface area contributed by atoms with Crippen LogP contribution >= 0.6 is 0 Å². The summed E-state index contributed by atoms with van der Waals surface area (Å²) in [6.07, 6.45) is 0.754. The number of nitrogens with zero attached hydrogens (tertiary/aromatic N) is 1. The second-order valence-electron chi connectivity index (χ2n) is 4.82. The number of halogens is 1. The molecular formula is C13H19FN2O3S. The van der Waals surface area contributed by atoms with E-state index < -0.39 is 20.7 Å². The summed E-state index contributed by atoms with van der Waals surface area (Å²) in [6, 6.07) is 2.30. The molecule has 0 bridgehead atoms. The first-order valence-electron chi connectivity index (χ1n) is 6.19. The van der Waals surface area contributed by atoms with Crippen molar-refractivity contribution in [2.24, 2.45) is 5.14 Å². The lowest BCUT2D eigenvalue weighted by molar-refractivity contribution is 0.0740. The summed E-state index contributed by atoms with van der Waals surface area (Å²) < 4.78 is 36.5. The number of sulfonamides is 1. The fourth-order valence-electron chi connectivity index (χ4n) is 1.75. The molecule has 2 N–H and O–H groups in total. The molecule has 0 aliphatic carbocycles. The molecule has 1 aromatic rings. The second kappa shape index (κ2) is 5.88. The normalized spacial score (nSPS) is 13.1. The van der Waals surface area contributed by atoms with Crippen LogP contribution in [0.5, 0.6) is 0 Å². The Kier molecular flexibility index (Phi) is 4.88. The standard InChI is InChI=1S/C13H19FN2O3S/c1-5-9(3)16(4)13(17)10-6-8(2)12(14)11(7-10)20(15,18)19/h6-7,9H,5H2,1-4H3,(H2,15,18,19). The maximum absolute atomic E-state index is 13.8. The molecule has 0 heterocycles. The van der Waals surface area contributed by atoms with E-state index in [1.807, 2.05) is 13.8 Å². The van der Waals surface area contributed by atoms with Crippen LogP contribution in [0.25, 0.3) is 0 Å². The summed E-state index contributed by atoms with van der Waals surface area (Å²) in [6.45, 7) is 5.19. The van der Waals surface area contributed by atoms with Gasteiger partial charge in [0.05, 0.1) is 0 Å². The Morgan fingerprint density at radius 2 is 2.00 bits per heavy atom. The van der Waals surface area contributed by atoms with Gasteiger partial charge in [-0.25, -0.2) is 17.9 Å². The molecule has 7 heteroatoms. The topological polar surface area (TPSA) is 80.5 Å². The lowest BCUT2D eigenvalue weighted by atomic mass is 10.1. The summed E-state index contributed by atoms with van der Waals surface area (Å²) in [5.74, 6) is -1.29. The van der Waals surface area contributed by atoms with Crippen LogP contribution in [-0.2, 0) is 10.0 Å². The zero-order valence-corrected chi connectivity index (χ0v) is 12.8. The summed E-state index contributed by atoms with van der Waals surface area (Å²) in [5.41, 5.74) is 0.174. The van der Waals surface area contributed by atoms with Crippen molar-refractivity contribution in [2.45, 2.75) is 38.1 Å². The highest BCUT2D eigenvalue weighted by atomic mass is 32.2.